The van der Waals surface area contributed by atoms with E-state index in [1.54, 1.807) is 17.4 Å². The van der Waals surface area contributed by atoms with Crippen LogP contribution >= 0.6 is 0 Å². The van der Waals surface area contributed by atoms with Gasteiger partial charge in [-0.05, 0) is 64.8 Å². The Labute approximate surface area is 434 Å². The molecule has 4 aromatic heterocycles. The molecular weight excluding hydrogens is 1040 g/mol. The Bertz CT molecular complexity index is 2780. The first-order valence-corrected chi connectivity index (χ1v) is 23.9. The number of hydrogen-bond donors (Lipinski definition) is 5. The van der Waals surface area contributed by atoms with Crippen molar-refractivity contribution in [2.45, 2.75) is 88.8 Å². The van der Waals surface area contributed by atoms with E-state index in [9.17, 15) is 50.6 Å². The number of halogens is 6. The van der Waals surface area contributed by atoms with Crippen LogP contribution in [-0.4, -0.2) is 173 Å². The number of aromatic nitrogens is 6. The van der Waals surface area contributed by atoms with Crippen LogP contribution in [0.2, 0.25) is 0 Å². The summed E-state index contributed by atoms with van der Waals surface area (Å²) in [5.41, 5.74) is 5.18. The molecule has 77 heavy (non-hydrogen) atoms. The first-order chi connectivity index (χ1) is 36.3. The lowest BCUT2D eigenvalue weighted by molar-refractivity contribution is -0.142. The first kappa shape index (κ1) is 55.7. The zero-order valence-electron chi connectivity index (χ0n) is 41.8. The molecule has 4 saturated heterocycles. The van der Waals surface area contributed by atoms with Crippen LogP contribution in [0, 0.1) is 0 Å². The van der Waals surface area contributed by atoms with Crippen molar-refractivity contribution in [2.24, 2.45) is 5.73 Å². The lowest BCUT2D eigenvalue weighted by Gasteiger charge is -2.35. The third-order valence-corrected chi connectivity index (χ3v) is 12.2. The van der Waals surface area contributed by atoms with E-state index in [0.717, 1.165) is 18.7 Å². The van der Waals surface area contributed by atoms with Gasteiger partial charge in [0.15, 0.2) is 40.5 Å². The minimum absolute atomic E-state index is 0.109. The number of carbonyl (C=O) groups excluding carboxylic acids is 3. The van der Waals surface area contributed by atoms with Crippen LogP contribution in [0.1, 0.15) is 61.5 Å². The minimum Gasteiger partial charge on any atom is -0.477 e. The number of anilines is 6. The predicted molar refractivity (Wildman–Crippen MR) is 258 cm³/mol. The SMILES string of the molecule is CC1(C)OC[C@@H](COc2cnc(NC(=O)N3c4nc(C(=O)NCC(F)(F)F)ccc4N4CC[C@H]3C4)cn2)O1.CC1(C)OC[C@@H](COc2cnc(NC(=O)N3c4nc(C(=O)O)ccc4N4CC[C@H]3C4)cn2)O1.NCC(F)(F)F. The smallest absolute Gasteiger partial charge is 0.405 e. The van der Waals surface area contributed by atoms with Gasteiger partial charge in [-0.15, -0.1) is 0 Å². The molecule has 6 aliphatic heterocycles. The summed E-state index contributed by atoms with van der Waals surface area (Å²) in [7, 11) is 0. The molecule has 10 heterocycles. The van der Waals surface area contributed by atoms with E-state index in [0.29, 0.717) is 56.7 Å². The topological polar surface area (TPSA) is 296 Å². The van der Waals surface area contributed by atoms with E-state index in [1.807, 2.05) is 32.6 Å². The molecule has 25 nitrogen and oxygen atoms in total. The van der Waals surface area contributed by atoms with E-state index >= 15 is 0 Å². The molecule has 0 aliphatic carbocycles. The van der Waals surface area contributed by atoms with E-state index < -0.39 is 61.0 Å². The van der Waals surface area contributed by atoms with Crippen molar-refractivity contribution in [1.82, 2.24) is 35.2 Å². The number of nitrogens with two attached hydrogens (primary N) is 1. The average Bonchev–Trinajstić information content (AvgIpc) is 4.34. The quantitative estimate of drug-likeness (QED) is 0.129. The largest absolute Gasteiger partial charge is 0.477 e. The maximum absolute atomic E-state index is 13.3. The molecule has 31 heteroatoms. The van der Waals surface area contributed by atoms with Gasteiger partial charge in [-0.1, -0.05) is 0 Å². The lowest BCUT2D eigenvalue weighted by atomic mass is 10.1. The van der Waals surface area contributed by atoms with Gasteiger partial charge >= 0.3 is 30.4 Å². The molecule has 0 saturated carbocycles. The van der Waals surface area contributed by atoms with Crippen LogP contribution in [0.4, 0.5) is 70.6 Å². The van der Waals surface area contributed by atoms with Gasteiger partial charge in [-0.25, -0.2) is 44.3 Å². The molecule has 4 bridgehead atoms. The zero-order valence-corrected chi connectivity index (χ0v) is 41.8. The van der Waals surface area contributed by atoms with E-state index in [1.165, 1.54) is 46.7 Å². The molecule has 6 N–H and O–H groups in total. The molecule has 6 aliphatic rings. The molecule has 10 rings (SSSR count). The van der Waals surface area contributed by atoms with Crippen molar-refractivity contribution < 1.29 is 79.0 Å². The molecular formula is C46H54F6N14O11. The number of urea groups is 2. The maximum Gasteiger partial charge on any atom is 0.405 e. The Morgan fingerprint density at radius 3 is 1.51 bits per heavy atom. The summed E-state index contributed by atoms with van der Waals surface area (Å²) >= 11 is 0. The molecule has 5 amide bonds. The van der Waals surface area contributed by atoms with Gasteiger partial charge in [0, 0.05) is 26.2 Å². The van der Waals surface area contributed by atoms with Crippen molar-refractivity contribution in [3.63, 3.8) is 0 Å². The van der Waals surface area contributed by atoms with Gasteiger partial charge in [-0.2, -0.15) is 26.3 Å². The maximum atomic E-state index is 13.3. The zero-order chi connectivity index (χ0) is 55.5. The monoisotopic (exact) mass is 1090 g/mol. The minimum atomic E-state index is -4.56. The number of alkyl halides is 6. The fourth-order valence-electron chi connectivity index (χ4n) is 8.76. The number of amides is 5. The Kier molecular flexibility index (Phi) is 16.4. The summed E-state index contributed by atoms with van der Waals surface area (Å²) in [5, 5.41) is 16.5. The van der Waals surface area contributed by atoms with Crippen LogP contribution in [0.25, 0.3) is 0 Å². The van der Waals surface area contributed by atoms with Crippen LogP contribution in [0.3, 0.4) is 0 Å². The second kappa shape index (κ2) is 22.6. The van der Waals surface area contributed by atoms with Crippen molar-refractivity contribution >= 4 is 58.6 Å². The van der Waals surface area contributed by atoms with Crippen LogP contribution in [0.5, 0.6) is 11.8 Å². The Hall–Kier alpha value is -7.48. The van der Waals surface area contributed by atoms with Crippen molar-refractivity contribution in [1.29, 1.82) is 0 Å². The molecule has 0 aromatic carbocycles. The predicted octanol–water partition coefficient (Wildman–Crippen LogP) is 4.56. The molecule has 0 spiro atoms. The first-order valence-electron chi connectivity index (χ1n) is 23.9. The fourth-order valence-corrected chi connectivity index (χ4v) is 8.76. The summed E-state index contributed by atoms with van der Waals surface area (Å²) in [6, 6.07) is 4.72. The summed E-state index contributed by atoms with van der Waals surface area (Å²) in [6.07, 6.45) is -2.26. The molecule has 4 fully saturated rings. The van der Waals surface area contributed by atoms with E-state index in [-0.39, 0.29) is 72.2 Å². The molecule has 0 unspecified atom stereocenters. The average molecular weight is 1090 g/mol. The van der Waals surface area contributed by atoms with Gasteiger partial charge in [0.1, 0.15) is 37.7 Å². The second-order valence-corrected chi connectivity index (χ2v) is 18.9. The third-order valence-electron chi connectivity index (χ3n) is 12.2. The number of hydrogen-bond acceptors (Lipinski definition) is 19. The van der Waals surface area contributed by atoms with Crippen molar-refractivity contribution in [3.05, 3.63) is 60.4 Å². The summed E-state index contributed by atoms with van der Waals surface area (Å²) in [4.78, 5) is 82.3. The number of pyridine rings is 2. The van der Waals surface area contributed by atoms with E-state index in [4.69, 9.17) is 28.4 Å². The van der Waals surface area contributed by atoms with Crippen LogP contribution < -0.4 is 50.8 Å². The Morgan fingerprint density at radius 2 is 1.13 bits per heavy atom. The number of carboxylic acid groups (broad SMARTS) is 1. The number of fused-ring (bicyclic) bond motifs is 8. The third kappa shape index (κ3) is 14.3. The Morgan fingerprint density at radius 1 is 0.688 bits per heavy atom. The number of aromatic carboxylic acids is 1. The summed E-state index contributed by atoms with van der Waals surface area (Å²) in [5.74, 6) is -1.98. The number of ether oxygens (including phenoxy) is 6. The highest BCUT2D eigenvalue weighted by molar-refractivity contribution is 6.06. The van der Waals surface area contributed by atoms with Gasteiger partial charge in [0.25, 0.3) is 5.91 Å². The number of nitrogens with one attached hydrogen (secondary N) is 3. The van der Waals surface area contributed by atoms with Crippen molar-refractivity contribution in [2.75, 3.05) is 95.9 Å². The normalized spacial score (nSPS) is 21.4. The van der Waals surface area contributed by atoms with Crippen molar-refractivity contribution in [3.8, 4) is 11.8 Å². The lowest BCUT2D eigenvalue weighted by Crippen LogP contribution is -2.48. The number of carbonyl (C=O) groups is 4. The highest BCUT2D eigenvalue weighted by atomic mass is 19.4. The summed E-state index contributed by atoms with van der Waals surface area (Å²) in [6.45, 7) is 8.57. The molecule has 4 aromatic rings. The molecule has 4 atom stereocenters. The van der Waals surface area contributed by atoms with Gasteiger partial charge in [0.05, 0.1) is 68.0 Å². The fraction of sp³-hybridized carbons (Fsp3) is 0.522. The van der Waals surface area contributed by atoms with E-state index in [2.05, 4.69) is 51.2 Å². The number of nitrogens with zero attached hydrogens (tertiary/aromatic N) is 10. The Balaban J connectivity index is 0.000000186. The van der Waals surface area contributed by atoms with Crippen LogP contribution in [0.15, 0.2) is 49.1 Å². The van der Waals surface area contributed by atoms with Crippen LogP contribution in [-0.2, 0) is 18.9 Å². The van der Waals surface area contributed by atoms with Gasteiger partial charge in [0.2, 0.25) is 11.8 Å². The van der Waals surface area contributed by atoms with Gasteiger partial charge in [-0.3, -0.25) is 25.2 Å². The second-order valence-electron chi connectivity index (χ2n) is 18.9. The molecule has 416 valence electrons. The number of rotatable bonds is 11. The highest BCUT2D eigenvalue weighted by Crippen LogP contribution is 2.41. The standard InChI is InChI=1S/C23H26F3N7O5.C21H24N6O6.C2H4F3N/c1-22(2)37-11-14(38-22)10-36-18-8-27-17(7-28-18)31-21(35)33-13-5-6-32(9-13)16-4-3-15(30-19(16)33)20(34)29-12-23(24,25)26;1-21(2)32-11-13(33-21)10-31-17-8-22-16(7-23-17)25-20(30)27-12-5-6-26(9-12)15-4-3-14(19(28)29)24-18(15)27;3-2(4,5)1-6/h3-4,7-8,13-14H,5-6,9-12H2,1-2H3,(H,29,34)(H,27,31,35);3-4,7-8,12-13H,5-6,9-11H2,1-2H3,(H,28,29)(H,22,25,30);1,6H2/t13-,14+;12-,13+;/m00./s1. The summed E-state index contributed by atoms with van der Waals surface area (Å²) < 4.78 is 103. The van der Waals surface area contributed by atoms with Gasteiger partial charge < -0.3 is 54.4 Å². The molecule has 0 radical (unpaired) electrons. The highest BCUT2D eigenvalue weighted by Gasteiger charge is 2.43. The number of carboxylic acids is 1.